The molecule has 0 fully saturated rings. The molecule has 0 saturated carbocycles. The first kappa shape index (κ1) is 13.9. The Balaban J connectivity index is 3.99. The van der Waals surface area contributed by atoms with E-state index in [9.17, 15) is 4.79 Å². The molecule has 0 heterocycles. The maximum absolute atomic E-state index is 11.3. The molecule has 0 spiro atoms. The van der Waals surface area contributed by atoms with Crippen molar-refractivity contribution in [1.82, 2.24) is 5.32 Å². The van der Waals surface area contributed by atoms with Gasteiger partial charge in [0, 0.05) is 12.0 Å². The summed E-state index contributed by atoms with van der Waals surface area (Å²) in [6, 6.07) is 0. The van der Waals surface area contributed by atoms with Crippen molar-refractivity contribution in [2.75, 3.05) is 13.1 Å². The summed E-state index contributed by atoms with van der Waals surface area (Å²) in [5, 5.41) is 2.79. The fraction of sp³-hybridized carbons (Fsp3) is 0.818. The Morgan fingerprint density at radius 2 is 1.93 bits per heavy atom. The first-order chi connectivity index (χ1) is 6.73. The number of amidine groups is 1. The van der Waals surface area contributed by atoms with Gasteiger partial charge in [-0.15, -0.1) is 0 Å². The summed E-state index contributed by atoms with van der Waals surface area (Å²) in [6.07, 6.45) is 0. The zero-order valence-electron chi connectivity index (χ0n) is 10.4. The lowest BCUT2D eigenvalue weighted by atomic mass is 9.95. The van der Waals surface area contributed by atoms with E-state index in [1.54, 1.807) is 0 Å². The van der Waals surface area contributed by atoms with Crippen LogP contribution in [0.2, 0.25) is 0 Å². The van der Waals surface area contributed by atoms with Crippen LogP contribution in [0.4, 0.5) is 0 Å². The number of nitrogens with two attached hydrogens (primary N) is 1. The molecule has 0 aromatic carbocycles. The molecule has 0 atom stereocenters. The maximum Gasteiger partial charge on any atom is 0.241 e. The van der Waals surface area contributed by atoms with Crippen molar-refractivity contribution in [3.8, 4) is 0 Å². The lowest BCUT2D eigenvalue weighted by Crippen LogP contribution is -2.33. The van der Waals surface area contributed by atoms with Gasteiger partial charge in [0.15, 0.2) is 0 Å². The smallest absolute Gasteiger partial charge is 0.241 e. The zero-order valence-corrected chi connectivity index (χ0v) is 10.4. The monoisotopic (exact) mass is 213 g/mol. The average Bonchev–Trinajstić information content (AvgIpc) is 2.09. The van der Waals surface area contributed by atoms with E-state index in [1.807, 2.05) is 34.6 Å². The molecule has 0 aliphatic carbocycles. The molecule has 0 aromatic heterocycles. The van der Waals surface area contributed by atoms with E-state index in [-0.39, 0.29) is 17.9 Å². The highest BCUT2D eigenvalue weighted by atomic mass is 16.1. The second-order valence-electron chi connectivity index (χ2n) is 5.15. The molecular weight excluding hydrogens is 190 g/mol. The minimum atomic E-state index is -0.168. The molecule has 4 nitrogen and oxygen atoms in total. The minimum absolute atomic E-state index is 0.0732. The number of carbonyl (C=O) groups is 1. The number of amides is 1. The molecule has 0 aromatic rings. The predicted octanol–water partition coefficient (Wildman–Crippen LogP) is 1.16. The van der Waals surface area contributed by atoms with Crippen LogP contribution >= 0.6 is 0 Å². The maximum atomic E-state index is 11.3. The average molecular weight is 213 g/mol. The highest BCUT2D eigenvalue weighted by Crippen LogP contribution is 2.12. The topological polar surface area (TPSA) is 67.5 Å². The van der Waals surface area contributed by atoms with E-state index in [0.29, 0.717) is 18.3 Å². The van der Waals surface area contributed by atoms with E-state index in [4.69, 9.17) is 5.73 Å². The predicted molar refractivity (Wildman–Crippen MR) is 63.8 cm³/mol. The van der Waals surface area contributed by atoms with Gasteiger partial charge in [0.2, 0.25) is 5.91 Å². The second kappa shape index (κ2) is 5.73. The van der Waals surface area contributed by atoms with E-state index in [2.05, 4.69) is 10.3 Å². The van der Waals surface area contributed by atoms with E-state index in [1.165, 1.54) is 0 Å². The molecule has 3 N–H and O–H groups in total. The van der Waals surface area contributed by atoms with Crippen molar-refractivity contribution in [3.63, 3.8) is 0 Å². The summed E-state index contributed by atoms with van der Waals surface area (Å²) in [7, 11) is 0. The lowest BCUT2D eigenvalue weighted by molar-refractivity contribution is -0.119. The Bertz CT molecular complexity index is 239. The van der Waals surface area contributed by atoms with Crippen molar-refractivity contribution >= 4 is 11.7 Å². The van der Waals surface area contributed by atoms with Crippen molar-refractivity contribution in [2.24, 2.45) is 22.1 Å². The van der Waals surface area contributed by atoms with Gasteiger partial charge in [0.25, 0.3) is 0 Å². The quantitative estimate of drug-likeness (QED) is 0.543. The van der Waals surface area contributed by atoms with Crippen molar-refractivity contribution in [1.29, 1.82) is 0 Å². The SMILES string of the molecule is CC(C)CNC(=O)CN=C(N)C(C)(C)C. The summed E-state index contributed by atoms with van der Waals surface area (Å²) in [5.74, 6) is 0.899. The Labute approximate surface area is 92.3 Å². The fourth-order valence-corrected chi connectivity index (χ4v) is 0.768. The number of rotatable bonds is 4. The van der Waals surface area contributed by atoms with Crippen LogP contribution in [0.1, 0.15) is 34.6 Å². The molecule has 0 radical (unpaired) electrons. The standard InChI is InChI=1S/C11H23N3O/c1-8(2)6-13-9(15)7-14-10(12)11(3,4)5/h8H,6-7H2,1-5H3,(H2,12,14)(H,13,15). The highest BCUT2D eigenvalue weighted by molar-refractivity contribution is 5.88. The zero-order chi connectivity index (χ0) is 12.1. The highest BCUT2D eigenvalue weighted by Gasteiger charge is 2.15. The Morgan fingerprint density at radius 3 is 2.33 bits per heavy atom. The summed E-state index contributed by atoms with van der Waals surface area (Å²) in [4.78, 5) is 15.4. The number of hydrogen-bond acceptors (Lipinski definition) is 2. The molecule has 0 aliphatic heterocycles. The third-order valence-electron chi connectivity index (χ3n) is 1.87. The summed E-state index contributed by atoms with van der Waals surface area (Å²) in [6.45, 7) is 10.8. The molecule has 0 bridgehead atoms. The summed E-state index contributed by atoms with van der Waals surface area (Å²) >= 11 is 0. The van der Waals surface area contributed by atoms with Gasteiger partial charge in [0.1, 0.15) is 6.54 Å². The number of nitrogens with one attached hydrogen (secondary N) is 1. The van der Waals surface area contributed by atoms with Gasteiger partial charge in [-0.1, -0.05) is 34.6 Å². The van der Waals surface area contributed by atoms with Crippen LogP contribution in [0.15, 0.2) is 4.99 Å². The first-order valence-corrected chi connectivity index (χ1v) is 5.30. The van der Waals surface area contributed by atoms with Crippen molar-refractivity contribution in [3.05, 3.63) is 0 Å². The third-order valence-corrected chi connectivity index (χ3v) is 1.87. The van der Waals surface area contributed by atoms with Crippen molar-refractivity contribution < 1.29 is 4.79 Å². The molecule has 4 heteroatoms. The Kier molecular flexibility index (Phi) is 5.33. The minimum Gasteiger partial charge on any atom is -0.387 e. The van der Waals surface area contributed by atoms with Gasteiger partial charge in [-0.05, 0) is 5.92 Å². The van der Waals surface area contributed by atoms with Crippen molar-refractivity contribution in [2.45, 2.75) is 34.6 Å². The van der Waals surface area contributed by atoms with Crippen LogP contribution in [0.5, 0.6) is 0 Å². The van der Waals surface area contributed by atoms with Gasteiger partial charge in [-0.2, -0.15) is 0 Å². The van der Waals surface area contributed by atoms with E-state index < -0.39 is 0 Å². The van der Waals surface area contributed by atoms with Gasteiger partial charge in [-0.3, -0.25) is 9.79 Å². The second-order valence-corrected chi connectivity index (χ2v) is 5.15. The number of hydrogen-bond donors (Lipinski definition) is 2. The van der Waals surface area contributed by atoms with Gasteiger partial charge in [0.05, 0.1) is 5.84 Å². The molecule has 0 aliphatic rings. The van der Waals surface area contributed by atoms with Gasteiger partial charge >= 0.3 is 0 Å². The largest absolute Gasteiger partial charge is 0.387 e. The van der Waals surface area contributed by atoms with E-state index >= 15 is 0 Å². The number of carbonyl (C=O) groups excluding carboxylic acids is 1. The molecule has 0 unspecified atom stereocenters. The number of aliphatic imine (C=N–C) groups is 1. The van der Waals surface area contributed by atoms with Crippen LogP contribution in [0.3, 0.4) is 0 Å². The number of nitrogens with zero attached hydrogens (tertiary/aromatic N) is 1. The Morgan fingerprint density at radius 1 is 1.40 bits per heavy atom. The lowest BCUT2D eigenvalue weighted by Gasteiger charge is -2.17. The van der Waals surface area contributed by atoms with Crippen LogP contribution in [-0.2, 0) is 4.79 Å². The van der Waals surface area contributed by atoms with Crippen LogP contribution in [0.25, 0.3) is 0 Å². The fourth-order valence-electron chi connectivity index (χ4n) is 0.768. The van der Waals surface area contributed by atoms with Crippen LogP contribution in [-0.4, -0.2) is 24.8 Å². The normalized spacial score (nSPS) is 13.1. The summed E-state index contributed by atoms with van der Waals surface area (Å²) < 4.78 is 0. The molecule has 0 rings (SSSR count). The van der Waals surface area contributed by atoms with Crippen LogP contribution in [0, 0.1) is 11.3 Å². The first-order valence-electron chi connectivity index (χ1n) is 5.30. The third kappa shape index (κ3) is 6.94. The van der Waals surface area contributed by atoms with Gasteiger partial charge < -0.3 is 11.1 Å². The molecule has 88 valence electrons. The summed E-state index contributed by atoms with van der Waals surface area (Å²) in [5.41, 5.74) is 5.56. The van der Waals surface area contributed by atoms with Gasteiger partial charge in [-0.25, -0.2) is 0 Å². The molecule has 15 heavy (non-hydrogen) atoms. The van der Waals surface area contributed by atoms with Crippen LogP contribution < -0.4 is 11.1 Å². The molecular formula is C11H23N3O. The molecule has 1 amide bonds. The molecule has 0 saturated heterocycles. The Hall–Kier alpha value is -1.06. The van der Waals surface area contributed by atoms with E-state index in [0.717, 1.165) is 0 Å².